The Labute approximate surface area is 114 Å². The van der Waals surface area contributed by atoms with Crippen molar-refractivity contribution >= 4 is 33.0 Å². The van der Waals surface area contributed by atoms with Crippen LogP contribution in [0.15, 0.2) is 22.1 Å². The lowest BCUT2D eigenvalue weighted by molar-refractivity contribution is 0.429. The summed E-state index contributed by atoms with van der Waals surface area (Å²) in [5.74, 6) is 0. The van der Waals surface area contributed by atoms with E-state index in [1.807, 2.05) is 23.0 Å². The molecule has 0 saturated carbocycles. The number of thiophene rings is 1. The lowest BCUT2D eigenvalue weighted by atomic mass is 10.2. The van der Waals surface area contributed by atoms with Crippen LogP contribution in [0.5, 0.6) is 0 Å². The van der Waals surface area contributed by atoms with Crippen molar-refractivity contribution in [2.75, 3.05) is 5.73 Å². The molecule has 0 aliphatic rings. The van der Waals surface area contributed by atoms with E-state index in [4.69, 9.17) is 5.73 Å². The molecule has 0 atom stereocenters. The van der Waals surface area contributed by atoms with Gasteiger partial charge in [-0.2, -0.15) is 5.10 Å². The van der Waals surface area contributed by atoms with E-state index in [2.05, 4.69) is 34.9 Å². The van der Waals surface area contributed by atoms with Gasteiger partial charge in [0.1, 0.15) is 5.69 Å². The molecular weight excluding hydrogens is 298 g/mol. The van der Waals surface area contributed by atoms with Crippen LogP contribution >= 0.6 is 27.3 Å². The van der Waals surface area contributed by atoms with Crippen LogP contribution in [0.4, 0.5) is 5.69 Å². The van der Waals surface area contributed by atoms with Crippen LogP contribution in [0.2, 0.25) is 0 Å². The van der Waals surface area contributed by atoms with Gasteiger partial charge in [-0.25, -0.2) is 0 Å². The van der Waals surface area contributed by atoms with Crippen molar-refractivity contribution in [3.05, 3.63) is 22.1 Å². The molecule has 2 aromatic rings. The Bertz CT molecular complexity index is 500. The van der Waals surface area contributed by atoms with Gasteiger partial charge in [-0.05, 0) is 40.9 Å². The summed E-state index contributed by atoms with van der Waals surface area (Å²) in [6, 6.07) is 4.51. The van der Waals surface area contributed by atoms with Crippen LogP contribution in [0.25, 0.3) is 10.6 Å². The van der Waals surface area contributed by atoms with E-state index >= 15 is 0 Å². The molecule has 2 N–H and O–H groups in total. The summed E-state index contributed by atoms with van der Waals surface area (Å²) in [6.07, 6.45) is 4.09. The summed E-state index contributed by atoms with van der Waals surface area (Å²) in [5, 5.41) is 4.62. The van der Waals surface area contributed by atoms with Gasteiger partial charge < -0.3 is 5.73 Å². The monoisotopic (exact) mass is 313 g/mol. The van der Waals surface area contributed by atoms with Gasteiger partial charge in [0.15, 0.2) is 0 Å². The first kappa shape index (κ1) is 12.6. The SMILES string of the molecule is CCC(CC)n1cc(N)c(-c2ccc(Br)s2)n1. The number of nitrogen functional groups attached to an aromatic ring is 1. The molecule has 0 spiro atoms. The maximum absolute atomic E-state index is 6.04. The molecule has 0 bridgehead atoms. The number of aromatic nitrogens is 2. The minimum absolute atomic E-state index is 0.439. The molecule has 17 heavy (non-hydrogen) atoms. The van der Waals surface area contributed by atoms with Crippen molar-refractivity contribution in [3.63, 3.8) is 0 Å². The fourth-order valence-corrected chi connectivity index (χ4v) is 3.28. The van der Waals surface area contributed by atoms with Crippen LogP contribution in [-0.2, 0) is 0 Å². The van der Waals surface area contributed by atoms with Crippen molar-refractivity contribution < 1.29 is 0 Å². The molecule has 2 rings (SSSR count). The molecule has 0 unspecified atom stereocenters. The molecular formula is C12H16BrN3S. The maximum Gasteiger partial charge on any atom is 0.125 e. The fraction of sp³-hybridized carbons (Fsp3) is 0.417. The molecule has 0 aliphatic heterocycles. The number of rotatable bonds is 4. The highest BCUT2D eigenvalue weighted by Crippen LogP contribution is 2.34. The highest BCUT2D eigenvalue weighted by atomic mass is 79.9. The Morgan fingerprint density at radius 2 is 2.12 bits per heavy atom. The van der Waals surface area contributed by atoms with Crippen molar-refractivity contribution in [1.82, 2.24) is 9.78 Å². The van der Waals surface area contributed by atoms with E-state index < -0.39 is 0 Å². The summed E-state index contributed by atoms with van der Waals surface area (Å²) < 4.78 is 3.10. The zero-order valence-electron chi connectivity index (χ0n) is 9.98. The molecule has 0 radical (unpaired) electrons. The summed E-state index contributed by atoms with van der Waals surface area (Å²) in [6.45, 7) is 4.35. The first-order chi connectivity index (χ1) is 8.15. The van der Waals surface area contributed by atoms with Gasteiger partial charge in [-0.1, -0.05) is 13.8 Å². The lowest BCUT2D eigenvalue weighted by Crippen LogP contribution is -2.07. The van der Waals surface area contributed by atoms with Gasteiger partial charge in [-0.3, -0.25) is 4.68 Å². The fourth-order valence-electron chi connectivity index (χ4n) is 1.89. The van der Waals surface area contributed by atoms with Crippen molar-refractivity contribution in [3.8, 4) is 10.6 Å². The summed E-state index contributed by atoms with van der Waals surface area (Å²) in [5.41, 5.74) is 7.69. The van der Waals surface area contributed by atoms with E-state index in [1.54, 1.807) is 11.3 Å². The Morgan fingerprint density at radius 1 is 1.41 bits per heavy atom. The van der Waals surface area contributed by atoms with Gasteiger partial charge in [0.25, 0.3) is 0 Å². The minimum Gasteiger partial charge on any atom is -0.396 e. The highest BCUT2D eigenvalue weighted by molar-refractivity contribution is 9.11. The first-order valence-electron chi connectivity index (χ1n) is 5.76. The number of hydrogen-bond donors (Lipinski definition) is 1. The maximum atomic E-state index is 6.04. The van der Waals surface area contributed by atoms with Gasteiger partial charge in [0.05, 0.1) is 20.4 Å². The average molecular weight is 314 g/mol. The van der Waals surface area contributed by atoms with E-state index in [0.717, 1.165) is 32.9 Å². The predicted octanol–water partition coefficient (Wildman–Crippen LogP) is 4.32. The zero-order valence-corrected chi connectivity index (χ0v) is 12.4. The largest absolute Gasteiger partial charge is 0.396 e. The molecule has 3 nitrogen and oxygen atoms in total. The van der Waals surface area contributed by atoms with Crippen LogP contribution in [-0.4, -0.2) is 9.78 Å². The Balaban J connectivity index is 2.37. The Morgan fingerprint density at radius 3 is 2.65 bits per heavy atom. The van der Waals surface area contributed by atoms with Gasteiger partial charge >= 0.3 is 0 Å². The molecule has 0 aliphatic carbocycles. The Kier molecular flexibility index (Phi) is 3.89. The zero-order chi connectivity index (χ0) is 12.4. The van der Waals surface area contributed by atoms with Crippen molar-refractivity contribution in [1.29, 1.82) is 0 Å². The minimum atomic E-state index is 0.439. The molecule has 2 aromatic heterocycles. The average Bonchev–Trinajstić information content (AvgIpc) is 2.87. The Hall–Kier alpha value is -0.810. The third-order valence-electron chi connectivity index (χ3n) is 2.88. The third-order valence-corrected chi connectivity index (χ3v) is 4.51. The molecule has 0 fully saturated rings. The van der Waals surface area contributed by atoms with Gasteiger partial charge in [0.2, 0.25) is 0 Å². The second kappa shape index (κ2) is 5.23. The van der Waals surface area contributed by atoms with Crippen molar-refractivity contribution in [2.45, 2.75) is 32.7 Å². The van der Waals surface area contributed by atoms with Gasteiger partial charge in [-0.15, -0.1) is 11.3 Å². The number of nitrogens with two attached hydrogens (primary N) is 1. The molecule has 92 valence electrons. The predicted molar refractivity (Wildman–Crippen MR) is 77.3 cm³/mol. The number of halogens is 1. The van der Waals surface area contributed by atoms with Crippen LogP contribution in [0.3, 0.4) is 0 Å². The van der Waals surface area contributed by atoms with Crippen LogP contribution in [0.1, 0.15) is 32.7 Å². The second-order valence-electron chi connectivity index (χ2n) is 3.99. The molecule has 0 amide bonds. The summed E-state index contributed by atoms with van der Waals surface area (Å²) in [7, 11) is 0. The molecule has 0 aromatic carbocycles. The molecule has 0 saturated heterocycles. The quantitative estimate of drug-likeness (QED) is 0.913. The van der Waals surface area contributed by atoms with Crippen molar-refractivity contribution in [2.24, 2.45) is 0 Å². The summed E-state index contributed by atoms with van der Waals surface area (Å²) >= 11 is 5.12. The number of anilines is 1. The van der Waals surface area contributed by atoms with E-state index in [9.17, 15) is 0 Å². The molecule has 5 heteroatoms. The molecule has 2 heterocycles. The smallest absolute Gasteiger partial charge is 0.125 e. The normalized spacial score (nSPS) is 11.3. The van der Waals surface area contributed by atoms with E-state index in [-0.39, 0.29) is 0 Å². The van der Waals surface area contributed by atoms with E-state index in [0.29, 0.717) is 6.04 Å². The van der Waals surface area contributed by atoms with Gasteiger partial charge in [0, 0.05) is 6.20 Å². The van der Waals surface area contributed by atoms with E-state index in [1.165, 1.54) is 0 Å². The van der Waals surface area contributed by atoms with Crippen LogP contribution < -0.4 is 5.73 Å². The topological polar surface area (TPSA) is 43.8 Å². The number of nitrogens with zero attached hydrogens (tertiary/aromatic N) is 2. The summed E-state index contributed by atoms with van der Waals surface area (Å²) in [4.78, 5) is 1.11. The first-order valence-corrected chi connectivity index (χ1v) is 7.37. The van der Waals surface area contributed by atoms with Crippen LogP contribution in [0, 0.1) is 0 Å². The number of hydrogen-bond acceptors (Lipinski definition) is 3. The lowest BCUT2D eigenvalue weighted by Gasteiger charge is -2.12. The second-order valence-corrected chi connectivity index (χ2v) is 6.45. The highest BCUT2D eigenvalue weighted by Gasteiger charge is 2.14. The standard InChI is InChI=1S/C12H16BrN3S/c1-3-8(4-2)16-7-9(14)12(15-16)10-5-6-11(13)17-10/h5-8H,3-4,14H2,1-2H3. The third kappa shape index (κ3) is 2.55.